The lowest BCUT2D eigenvalue weighted by Crippen LogP contribution is -2.55. The number of rotatable bonds is 3. The molecule has 2 aliphatic rings. The molecular formula is C13H22N2O4. The molecule has 2 N–H and O–H groups in total. The molecule has 2 fully saturated rings. The third-order valence-corrected chi connectivity index (χ3v) is 4.00. The predicted octanol–water partition coefficient (Wildman–Crippen LogP) is 1.06. The summed E-state index contributed by atoms with van der Waals surface area (Å²) >= 11 is 0. The van der Waals surface area contributed by atoms with E-state index >= 15 is 0 Å². The Morgan fingerprint density at radius 2 is 2.16 bits per heavy atom. The van der Waals surface area contributed by atoms with Gasteiger partial charge in [-0.15, -0.1) is 0 Å². The van der Waals surface area contributed by atoms with Crippen molar-refractivity contribution in [1.29, 1.82) is 0 Å². The quantitative estimate of drug-likeness (QED) is 0.803. The van der Waals surface area contributed by atoms with Crippen LogP contribution in [-0.4, -0.2) is 53.8 Å². The summed E-state index contributed by atoms with van der Waals surface area (Å²) in [4.78, 5) is 25.0. The minimum Gasteiger partial charge on any atom is -0.481 e. The van der Waals surface area contributed by atoms with E-state index in [-0.39, 0.29) is 24.7 Å². The molecule has 6 heteroatoms. The van der Waals surface area contributed by atoms with Gasteiger partial charge in [-0.2, -0.15) is 0 Å². The number of urea groups is 1. The van der Waals surface area contributed by atoms with Gasteiger partial charge in [0.2, 0.25) is 0 Å². The molecule has 1 saturated heterocycles. The summed E-state index contributed by atoms with van der Waals surface area (Å²) in [7, 11) is 0. The zero-order chi connectivity index (χ0) is 14.0. The Hall–Kier alpha value is -1.30. The third-order valence-electron chi connectivity index (χ3n) is 4.00. The smallest absolute Gasteiger partial charge is 0.317 e. The Morgan fingerprint density at radius 1 is 1.42 bits per heavy atom. The first kappa shape index (κ1) is 14.1. The first-order valence-electron chi connectivity index (χ1n) is 6.81. The van der Waals surface area contributed by atoms with Crippen molar-refractivity contribution in [2.45, 2.75) is 45.3 Å². The van der Waals surface area contributed by atoms with Crippen LogP contribution in [0.25, 0.3) is 0 Å². The van der Waals surface area contributed by atoms with E-state index < -0.39 is 11.4 Å². The number of morpholine rings is 1. The van der Waals surface area contributed by atoms with E-state index in [9.17, 15) is 9.59 Å². The maximum Gasteiger partial charge on any atom is 0.317 e. The molecule has 0 aromatic rings. The highest BCUT2D eigenvalue weighted by Gasteiger charge is 2.39. The summed E-state index contributed by atoms with van der Waals surface area (Å²) in [6.45, 7) is 4.49. The van der Waals surface area contributed by atoms with Gasteiger partial charge in [-0.25, -0.2) is 4.79 Å². The fraction of sp³-hybridized carbons (Fsp3) is 0.846. The van der Waals surface area contributed by atoms with Crippen molar-refractivity contribution < 1.29 is 19.4 Å². The average molecular weight is 270 g/mol. The monoisotopic (exact) mass is 270 g/mol. The van der Waals surface area contributed by atoms with Gasteiger partial charge in [0.1, 0.15) is 0 Å². The molecule has 108 valence electrons. The van der Waals surface area contributed by atoms with Crippen LogP contribution in [0.2, 0.25) is 0 Å². The molecular weight excluding hydrogens is 248 g/mol. The molecule has 0 bridgehead atoms. The van der Waals surface area contributed by atoms with Crippen LogP contribution in [0, 0.1) is 5.41 Å². The highest BCUT2D eigenvalue weighted by Crippen LogP contribution is 2.29. The van der Waals surface area contributed by atoms with Gasteiger partial charge in [0.15, 0.2) is 0 Å². The van der Waals surface area contributed by atoms with E-state index in [4.69, 9.17) is 9.84 Å². The van der Waals surface area contributed by atoms with Crippen molar-refractivity contribution in [3.05, 3.63) is 0 Å². The summed E-state index contributed by atoms with van der Waals surface area (Å²) in [6.07, 6.45) is 3.22. The van der Waals surface area contributed by atoms with Gasteiger partial charge < -0.3 is 20.1 Å². The Labute approximate surface area is 113 Å². The van der Waals surface area contributed by atoms with Crippen molar-refractivity contribution in [1.82, 2.24) is 10.2 Å². The minimum atomic E-state index is -0.947. The van der Waals surface area contributed by atoms with Gasteiger partial charge in [0, 0.05) is 13.1 Å². The Balaban J connectivity index is 1.91. The minimum absolute atomic E-state index is 0.135. The number of ether oxygens (including phenoxy) is 1. The molecule has 19 heavy (non-hydrogen) atoms. The first-order chi connectivity index (χ1) is 8.92. The number of carboxylic acid groups (broad SMARTS) is 1. The highest BCUT2D eigenvalue weighted by molar-refractivity contribution is 5.78. The molecule has 2 amide bonds. The molecule has 2 atom stereocenters. The molecule has 1 aliphatic heterocycles. The third kappa shape index (κ3) is 3.00. The van der Waals surface area contributed by atoms with E-state index in [1.54, 1.807) is 18.7 Å². The molecule has 6 nitrogen and oxygen atoms in total. The number of carbonyl (C=O) groups is 2. The maximum absolute atomic E-state index is 12.2. The zero-order valence-corrected chi connectivity index (χ0v) is 11.5. The van der Waals surface area contributed by atoms with E-state index in [2.05, 4.69) is 5.32 Å². The second kappa shape index (κ2) is 5.36. The van der Waals surface area contributed by atoms with Crippen LogP contribution in [-0.2, 0) is 9.53 Å². The highest BCUT2D eigenvalue weighted by atomic mass is 16.5. The van der Waals surface area contributed by atoms with E-state index in [1.165, 1.54) is 0 Å². The van der Waals surface area contributed by atoms with Gasteiger partial charge in [0.25, 0.3) is 0 Å². The van der Waals surface area contributed by atoms with E-state index in [0.29, 0.717) is 13.2 Å². The fourth-order valence-electron chi connectivity index (χ4n) is 2.65. The van der Waals surface area contributed by atoms with Gasteiger partial charge in [-0.3, -0.25) is 4.79 Å². The summed E-state index contributed by atoms with van der Waals surface area (Å²) in [5.74, 6) is -0.909. The van der Waals surface area contributed by atoms with Crippen molar-refractivity contribution in [3.8, 4) is 0 Å². The van der Waals surface area contributed by atoms with Crippen molar-refractivity contribution in [2.24, 2.45) is 5.41 Å². The number of fused-ring (bicyclic) bond motifs is 1. The van der Waals surface area contributed by atoms with Crippen LogP contribution in [0.1, 0.15) is 33.1 Å². The average Bonchev–Trinajstić information content (AvgIpc) is 2.83. The largest absolute Gasteiger partial charge is 0.481 e. The summed E-state index contributed by atoms with van der Waals surface area (Å²) < 4.78 is 5.65. The van der Waals surface area contributed by atoms with Crippen LogP contribution in [0.15, 0.2) is 0 Å². The number of nitrogens with zero attached hydrogens (tertiary/aromatic N) is 1. The lowest BCUT2D eigenvalue weighted by molar-refractivity contribution is -0.146. The number of aliphatic carboxylic acids is 1. The van der Waals surface area contributed by atoms with E-state index in [0.717, 1.165) is 19.3 Å². The van der Waals surface area contributed by atoms with Gasteiger partial charge in [-0.05, 0) is 33.1 Å². The fourth-order valence-corrected chi connectivity index (χ4v) is 2.65. The maximum atomic E-state index is 12.2. The second-order valence-electron chi connectivity index (χ2n) is 5.95. The van der Waals surface area contributed by atoms with Gasteiger partial charge in [-0.1, -0.05) is 0 Å². The molecule has 0 radical (unpaired) electrons. The van der Waals surface area contributed by atoms with Crippen molar-refractivity contribution >= 4 is 12.0 Å². The van der Waals surface area contributed by atoms with Crippen LogP contribution in [0.4, 0.5) is 4.79 Å². The van der Waals surface area contributed by atoms with Crippen LogP contribution in [0.5, 0.6) is 0 Å². The van der Waals surface area contributed by atoms with Gasteiger partial charge >= 0.3 is 12.0 Å². The first-order valence-corrected chi connectivity index (χ1v) is 6.81. The second-order valence-corrected chi connectivity index (χ2v) is 5.95. The molecule has 1 aliphatic carbocycles. The number of hydrogen-bond donors (Lipinski definition) is 2. The normalized spacial score (nSPS) is 26.9. The number of nitrogens with one attached hydrogen (secondary N) is 1. The lowest BCUT2D eigenvalue weighted by Gasteiger charge is -2.38. The molecule has 0 spiro atoms. The predicted molar refractivity (Wildman–Crippen MR) is 68.9 cm³/mol. The molecule has 0 aromatic heterocycles. The Kier molecular flexibility index (Phi) is 3.99. The van der Waals surface area contributed by atoms with Crippen LogP contribution in [0.3, 0.4) is 0 Å². The number of amides is 2. The standard InChI is InChI=1S/C13H22N2O4/c1-13(2,11(16)17)8-14-12(18)15-6-7-19-10-5-3-4-9(10)15/h9-10H,3-8H2,1-2H3,(H,14,18)(H,16,17). The number of carboxylic acids is 1. The van der Waals surface area contributed by atoms with Crippen LogP contribution >= 0.6 is 0 Å². The summed E-state index contributed by atoms with van der Waals surface area (Å²) in [5.41, 5.74) is -0.947. The summed E-state index contributed by atoms with van der Waals surface area (Å²) in [5, 5.41) is 11.8. The summed E-state index contributed by atoms with van der Waals surface area (Å²) in [6, 6.07) is -0.0174. The lowest BCUT2D eigenvalue weighted by atomic mass is 9.94. The molecule has 2 rings (SSSR count). The zero-order valence-electron chi connectivity index (χ0n) is 11.5. The van der Waals surface area contributed by atoms with Gasteiger partial charge in [0.05, 0.1) is 24.2 Å². The Morgan fingerprint density at radius 3 is 2.84 bits per heavy atom. The van der Waals surface area contributed by atoms with E-state index in [1.807, 2.05) is 0 Å². The van der Waals surface area contributed by atoms with Crippen molar-refractivity contribution in [2.75, 3.05) is 19.7 Å². The van der Waals surface area contributed by atoms with Crippen LogP contribution < -0.4 is 5.32 Å². The molecule has 1 heterocycles. The van der Waals surface area contributed by atoms with Crippen molar-refractivity contribution in [3.63, 3.8) is 0 Å². The number of hydrogen-bond acceptors (Lipinski definition) is 3. The molecule has 2 unspecified atom stereocenters. The Bertz CT molecular complexity index is 370. The molecule has 0 aromatic carbocycles. The SMILES string of the molecule is CC(C)(CNC(=O)N1CCOC2CCCC21)C(=O)O. The number of carbonyl (C=O) groups excluding carboxylic acids is 1. The topological polar surface area (TPSA) is 78.9 Å². The molecule has 1 saturated carbocycles.